The van der Waals surface area contributed by atoms with E-state index < -0.39 is 22.1 Å². The molecule has 0 spiro atoms. The number of non-ortho nitro benzene ring substituents is 1. The molecule has 1 aromatic rings. The molecule has 0 atom stereocenters. The molecule has 17 heavy (non-hydrogen) atoms. The monoisotopic (exact) mass is 239 g/mol. The Morgan fingerprint density at radius 1 is 1.53 bits per heavy atom. The number of carbonyl (C=O) groups is 1. The van der Waals surface area contributed by atoms with Crippen LogP contribution in [-0.4, -0.2) is 16.0 Å². The highest BCUT2D eigenvalue weighted by atomic mass is 19.1. The SMILES string of the molecule is O=C(O)C1(Cc2ccc([N+](=O)[O-])cc2F)CC1. The van der Waals surface area contributed by atoms with Gasteiger partial charge in [0.2, 0.25) is 0 Å². The molecule has 0 heterocycles. The van der Waals surface area contributed by atoms with Crippen LogP contribution in [0.2, 0.25) is 0 Å². The highest BCUT2D eigenvalue weighted by Crippen LogP contribution is 2.48. The maximum Gasteiger partial charge on any atom is 0.309 e. The molecule has 0 unspecified atom stereocenters. The van der Waals surface area contributed by atoms with Gasteiger partial charge in [0.25, 0.3) is 5.69 Å². The first kappa shape index (κ1) is 11.5. The van der Waals surface area contributed by atoms with Crippen molar-refractivity contribution in [1.82, 2.24) is 0 Å². The predicted octanol–water partition coefficient (Wildman–Crippen LogP) is 2.14. The van der Waals surface area contributed by atoms with Gasteiger partial charge in [0.05, 0.1) is 16.4 Å². The van der Waals surface area contributed by atoms with Gasteiger partial charge in [0.1, 0.15) is 5.82 Å². The Bertz CT molecular complexity index is 496. The number of hydrogen-bond donors (Lipinski definition) is 1. The minimum Gasteiger partial charge on any atom is -0.481 e. The molecule has 90 valence electrons. The van der Waals surface area contributed by atoms with E-state index in [-0.39, 0.29) is 17.7 Å². The fourth-order valence-corrected chi connectivity index (χ4v) is 1.77. The van der Waals surface area contributed by atoms with Crippen LogP contribution < -0.4 is 0 Å². The van der Waals surface area contributed by atoms with Crippen LogP contribution in [0, 0.1) is 21.3 Å². The Hall–Kier alpha value is -1.98. The maximum absolute atomic E-state index is 13.5. The molecule has 1 N–H and O–H groups in total. The third kappa shape index (κ3) is 2.11. The lowest BCUT2D eigenvalue weighted by Gasteiger charge is -2.09. The topological polar surface area (TPSA) is 80.4 Å². The molecule has 0 amide bonds. The van der Waals surface area contributed by atoms with Crippen LogP contribution >= 0.6 is 0 Å². The highest BCUT2D eigenvalue weighted by Gasteiger charge is 2.50. The number of nitro groups is 1. The van der Waals surface area contributed by atoms with Gasteiger partial charge in [0.15, 0.2) is 0 Å². The first-order chi connectivity index (χ1) is 7.94. The molecule has 2 rings (SSSR count). The van der Waals surface area contributed by atoms with E-state index in [1.165, 1.54) is 12.1 Å². The third-order valence-electron chi connectivity index (χ3n) is 3.08. The lowest BCUT2D eigenvalue weighted by molar-refractivity contribution is -0.385. The van der Waals surface area contributed by atoms with Crippen molar-refractivity contribution in [3.63, 3.8) is 0 Å². The molecule has 1 aromatic carbocycles. The first-order valence-corrected chi connectivity index (χ1v) is 5.11. The van der Waals surface area contributed by atoms with Crippen LogP contribution in [0.25, 0.3) is 0 Å². The number of nitrogens with zero attached hydrogens (tertiary/aromatic N) is 1. The van der Waals surface area contributed by atoms with E-state index in [1.807, 2.05) is 0 Å². The van der Waals surface area contributed by atoms with Crippen molar-refractivity contribution in [2.75, 3.05) is 0 Å². The molecule has 1 aliphatic carbocycles. The predicted molar refractivity (Wildman–Crippen MR) is 56.1 cm³/mol. The zero-order chi connectivity index (χ0) is 12.6. The summed E-state index contributed by atoms with van der Waals surface area (Å²) in [5.41, 5.74) is -0.973. The summed E-state index contributed by atoms with van der Waals surface area (Å²) in [7, 11) is 0. The number of benzene rings is 1. The van der Waals surface area contributed by atoms with Crippen molar-refractivity contribution >= 4 is 11.7 Å². The molecule has 0 radical (unpaired) electrons. The van der Waals surface area contributed by atoms with E-state index in [0.717, 1.165) is 6.07 Å². The fraction of sp³-hybridized carbons (Fsp3) is 0.364. The summed E-state index contributed by atoms with van der Waals surface area (Å²) >= 11 is 0. The molecule has 1 saturated carbocycles. The second-order valence-electron chi connectivity index (χ2n) is 4.30. The first-order valence-electron chi connectivity index (χ1n) is 5.11. The smallest absolute Gasteiger partial charge is 0.309 e. The van der Waals surface area contributed by atoms with Gasteiger partial charge in [-0.1, -0.05) is 0 Å². The summed E-state index contributed by atoms with van der Waals surface area (Å²) in [6, 6.07) is 3.31. The Morgan fingerprint density at radius 2 is 2.18 bits per heavy atom. The summed E-state index contributed by atoms with van der Waals surface area (Å²) in [5, 5.41) is 19.4. The van der Waals surface area contributed by atoms with Crippen LogP contribution in [0.5, 0.6) is 0 Å². The van der Waals surface area contributed by atoms with Crippen molar-refractivity contribution in [2.24, 2.45) is 5.41 Å². The molecule has 1 fully saturated rings. The average molecular weight is 239 g/mol. The number of carboxylic acid groups (broad SMARTS) is 1. The zero-order valence-corrected chi connectivity index (χ0v) is 8.85. The van der Waals surface area contributed by atoms with E-state index in [1.54, 1.807) is 0 Å². The van der Waals surface area contributed by atoms with Crippen LogP contribution in [0.4, 0.5) is 10.1 Å². The lowest BCUT2D eigenvalue weighted by atomic mass is 9.96. The van der Waals surface area contributed by atoms with Gasteiger partial charge in [0, 0.05) is 6.07 Å². The van der Waals surface area contributed by atoms with Crippen LogP contribution in [0.1, 0.15) is 18.4 Å². The molecule has 6 heteroatoms. The van der Waals surface area contributed by atoms with Crippen molar-refractivity contribution < 1.29 is 19.2 Å². The molecule has 0 aromatic heterocycles. The molecular weight excluding hydrogens is 229 g/mol. The summed E-state index contributed by atoms with van der Waals surface area (Å²) in [5.74, 6) is -1.65. The normalized spacial score (nSPS) is 16.5. The van der Waals surface area contributed by atoms with Gasteiger partial charge < -0.3 is 5.11 Å². The quantitative estimate of drug-likeness (QED) is 0.644. The number of hydrogen-bond acceptors (Lipinski definition) is 3. The van der Waals surface area contributed by atoms with Gasteiger partial charge in [-0.2, -0.15) is 0 Å². The van der Waals surface area contributed by atoms with E-state index in [2.05, 4.69) is 0 Å². The standard InChI is InChI=1S/C11H10FNO4/c12-9-5-8(13(16)17)2-1-7(9)6-11(3-4-11)10(14)15/h1-2,5H,3-4,6H2,(H,14,15). The molecule has 5 nitrogen and oxygen atoms in total. The summed E-state index contributed by atoms with van der Waals surface area (Å²) in [6.45, 7) is 0. The van der Waals surface area contributed by atoms with Crippen LogP contribution in [0.15, 0.2) is 18.2 Å². The summed E-state index contributed by atoms with van der Waals surface area (Å²) < 4.78 is 13.5. The van der Waals surface area contributed by atoms with E-state index in [0.29, 0.717) is 12.8 Å². The van der Waals surface area contributed by atoms with Crippen molar-refractivity contribution in [3.8, 4) is 0 Å². The Kier molecular flexibility index (Phi) is 2.57. The van der Waals surface area contributed by atoms with Gasteiger partial charge in [-0.25, -0.2) is 4.39 Å². The van der Waals surface area contributed by atoms with E-state index >= 15 is 0 Å². The summed E-state index contributed by atoms with van der Waals surface area (Å²) in [6.07, 6.45) is 1.14. The molecule has 0 aliphatic heterocycles. The number of rotatable bonds is 4. The Balaban J connectivity index is 2.23. The molecular formula is C11H10FNO4. The van der Waals surface area contributed by atoms with Crippen molar-refractivity contribution in [3.05, 3.63) is 39.7 Å². The second kappa shape index (κ2) is 3.80. The van der Waals surface area contributed by atoms with Gasteiger partial charge >= 0.3 is 5.97 Å². The van der Waals surface area contributed by atoms with Crippen LogP contribution in [-0.2, 0) is 11.2 Å². The van der Waals surface area contributed by atoms with Gasteiger partial charge in [-0.05, 0) is 30.9 Å². The van der Waals surface area contributed by atoms with E-state index in [4.69, 9.17) is 5.11 Å². The fourth-order valence-electron chi connectivity index (χ4n) is 1.77. The minimum absolute atomic E-state index is 0.0894. The van der Waals surface area contributed by atoms with Gasteiger partial charge in [-0.15, -0.1) is 0 Å². The maximum atomic E-state index is 13.5. The number of halogens is 1. The number of aliphatic carboxylic acids is 1. The van der Waals surface area contributed by atoms with Crippen molar-refractivity contribution in [1.29, 1.82) is 0 Å². The largest absolute Gasteiger partial charge is 0.481 e. The Labute approximate surface area is 96.0 Å². The molecule has 0 bridgehead atoms. The Morgan fingerprint density at radius 3 is 2.59 bits per heavy atom. The third-order valence-corrected chi connectivity index (χ3v) is 3.08. The van der Waals surface area contributed by atoms with Crippen LogP contribution in [0.3, 0.4) is 0 Å². The average Bonchev–Trinajstić information content (AvgIpc) is 3.02. The van der Waals surface area contributed by atoms with Crippen molar-refractivity contribution in [2.45, 2.75) is 19.3 Å². The lowest BCUT2D eigenvalue weighted by Crippen LogP contribution is -2.18. The molecule has 0 saturated heterocycles. The number of nitro benzene ring substituents is 1. The second-order valence-corrected chi connectivity index (χ2v) is 4.30. The number of carboxylic acids is 1. The van der Waals surface area contributed by atoms with Gasteiger partial charge in [-0.3, -0.25) is 14.9 Å². The zero-order valence-electron chi connectivity index (χ0n) is 8.85. The van der Waals surface area contributed by atoms with E-state index in [9.17, 15) is 19.3 Å². The summed E-state index contributed by atoms with van der Waals surface area (Å²) in [4.78, 5) is 20.7. The minimum atomic E-state index is -0.935. The molecule has 1 aliphatic rings. The highest BCUT2D eigenvalue weighted by molar-refractivity contribution is 5.78.